The first kappa shape index (κ1) is 16.0. The third-order valence-electron chi connectivity index (χ3n) is 3.76. The van der Waals surface area contributed by atoms with Crippen LogP contribution in [-0.4, -0.2) is 31.1 Å². The van der Waals surface area contributed by atoms with Crippen molar-refractivity contribution in [1.82, 2.24) is 10.2 Å². The minimum Gasteiger partial charge on any atom is -0.316 e. The molecule has 1 saturated heterocycles. The van der Waals surface area contributed by atoms with Crippen LogP contribution in [0.4, 0.5) is 0 Å². The van der Waals surface area contributed by atoms with Gasteiger partial charge in [0.05, 0.1) is 0 Å². The lowest BCUT2D eigenvalue weighted by molar-refractivity contribution is 0.149. The predicted molar refractivity (Wildman–Crippen MR) is 83.5 cm³/mol. The number of nitrogens with zero attached hydrogens (tertiary/aromatic N) is 1. The van der Waals surface area contributed by atoms with Crippen LogP contribution in [0.5, 0.6) is 0 Å². The van der Waals surface area contributed by atoms with Crippen LogP contribution >= 0.6 is 28.3 Å². The Kier molecular flexibility index (Phi) is 6.64. The first-order valence-corrected chi connectivity index (χ1v) is 7.17. The topological polar surface area (TPSA) is 15.3 Å². The van der Waals surface area contributed by atoms with E-state index in [0.29, 0.717) is 12.1 Å². The number of rotatable bonds is 3. The molecule has 1 aliphatic heterocycles. The van der Waals surface area contributed by atoms with E-state index < -0.39 is 0 Å². The average molecular weight is 334 g/mol. The van der Waals surface area contributed by atoms with E-state index in [9.17, 15) is 0 Å². The van der Waals surface area contributed by atoms with Crippen LogP contribution in [-0.2, 0) is 0 Å². The highest BCUT2D eigenvalue weighted by molar-refractivity contribution is 9.10. The number of hydrogen-bond donors (Lipinski definition) is 1. The minimum absolute atomic E-state index is 0. The highest BCUT2D eigenvalue weighted by Crippen LogP contribution is 2.25. The van der Waals surface area contributed by atoms with E-state index in [-0.39, 0.29) is 12.4 Å². The maximum absolute atomic E-state index is 3.49. The van der Waals surface area contributed by atoms with E-state index in [2.05, 4.69) is 64.4 Å². The van der Waals surface area contributed by atoms with Gasteiger partial charge >= 0.3 is 0 Å². The summed E-state index contributed by atoms with van der Waals surface area (Å²) in [6.07, 6.45) is 2.60. The average Bonchev–Trinajstić information content (AvgIpc) is 2.39. The van der Waals surface area contributed by atoms with Crippen molar-refractivity contribution in [3.05, 3.63) is 34.3 Å². The molecule has 0 amide bonds. The quantitative estimate of drug-likeness (QED) is 0.909. The minimum atomic E-state index is 0. The second kappa shape index (κ2) is 7.49. The van der Waals surface area contributed by atoms with Crippen molar-refractivity contribution in [2.75, 3.05) is 20.1 Å². The Morgan fingerprint density at radius 3 is 2.61 bits per heavy atom. The summed E-state index contributed by atoms with van der Waals surface area (Å²) in [4.78, 5) is 2.58. The van der Waals surface area contributed by atoms with Gasteiger partial charge in [-0.05, 0) is 51.1 Å². The maximum Gasteiger partial charge on any atom is 0.0320 e. The molecule has 1 aliphatic rings. The van der Waals surface area contributed by atoms with Crippen molar-refractivity contribution in [3.63, 3.8) is 0 Å². The Hall–Kier alpha value is -0.0900. The molecule has 2 unspecified atom stereocenters. The van der Waals surface area contributed by atoms with Crippen LogP contribution in [0.25, 0.3) is 0 Å². The van der Waals surface area contributed by atoms with Gasteiger partial charge in [-0.1, -0.05) is 28.1 Å². The Morgan fingerprint density at radius 2 is 2.00 bits per heavy atom. The summed E-state index contributed by atoms with van der Waals surface area (Å²) in [7, 11) is 2.07. The molecule has 4 heteroatoms. The molecule has 0 radical (unpaired) electrons. The fourth-order valence-electron chi connectivity index (χ4n) is 2.55. The number of hydrogen-bond acceptors (Lipinski definition) is 2. The summed E-state index contributed by atoms with van der Waals surface area (Å²) in [5.41, 5.74) is 1.41. The summed E-state index contributed by atoms with van der Waals surface area (Å²) in [6, 6.07) is 9.87. The summed E-state index contributed by atoms with van der Waals surface area (Å²) in [6.45, 7) is 4.68. The van der Waals surface area contributed by atoms with Crippen LogP contribution < -0.4 is 5.32 Å². The normalized spacial score (nSPS) is 22.3. The first-order valence-electron chi connectivity index (χ1n) is 6.37. The summed E-state index contributed by atoms with van der Waals surface area (Å²) < 4.78 is 1.15. The summed E-state index contributed by atoms with van der Waals surface area (Å²) in [5, 5.41) is 3.40. The fourth-order valence-corrected chi connectivity index (χ4v) is 2.81. The van der Waals surface area contributed by atoms with E-state index >= 15 is 0 Å². The Morgan fingerprint density at radius 1 is 1.33 bits per heavy atom. The smallest absolute Gasteiger partial charge is 0.0320 e. The zero-order chi connectivity index (χ0) is 12.3. The molecule has 1 fully saturated rings. The molecule has 2 rings (SSSR count). The molecule has 2 atom stereocenters. The van der Waals surface area contributed by atoms with Crippen LogP contribution in [0, 0.1) is 0 Å². The lowest BCUT2D eigenvalue weighted by Gasteiger charge is -2.37. The number of benzene rings is 1. The number of nitrogens with one attached hydrogen (secondary N) is 1. The van der Waals surface area contributed by atoms with Crippen molar-refractivity contribution in [3.8, 4) is 0 Å². The second-order valence-corrected chi connectivity index (χ2v) is 5.77. The molecular formula is C14H22BrClN2. The van der Waals surface area contributed by atoms with Crippen molar-refractivity contribution < 1.29 is 0 Å². The van der Waals surface area contributed by atoms with Crippen LogP contribution in [0.2, 0.25) is 0 Å². The van der Waals surface area contributed by atoms with Gasteiger partial charge in [-0.25, -0.2) is 0 Å². The van der Waals surface area contributed by atoms with E-state index in [0.717, 1.165) is 11.0 Å². The molecule has 1 aromatic rings. The van der Waals surface area contributed by atoms with Crippen LogP contribution in [0.3, 0.4) is 0 Å². The third-order valence-corrected chi connectivity index (χ3v) is 4.29. The largest absolute Gasteiger partial charge is 0.316 e. The number of piperidine rings is 1. The molecule has 0 aromatic heterocycles. The van der Waals surface area contributed by atoms with Gasteiger partial charge in [-0.3, -0.25) is 4.90 Å². The molecule has 1 N–H and O–H groups in total. The van der Waals surface area contributed by atoms with Crippen molar-refractivity contribution in [2.45, 2.75) is 31.8 Å². The molecule has 18 heavy (non-hydrogen) atoms. The van der Waals surface area contributed by atoms with Crippen LogP contribution in [0.15, 0.2) is 28.7 Å². The van der Waals surface area contributed by atoms with Gasteiger partial charge < -0.3 is 5.32 Å². The number of likely N-dealkylation sites (N-methyl/N-ethyl adjacent to an activating group) is 1. The zero-order valence-corrected chi connectivity index (χ0v) is 13.4. The van der Waals surface area contributed by atoms with Gasteiger partial charge in [0.1, 0.15) is 0 Å². The van der Waals surface area contributed by atoms with Crippen molar-refractivity contribution >= 4 is 28.3 Å². The molecule has 2 nitrogen and oxygen atoms in total. The van der Waals surface area contributed by atoms with E-state index in [1.54, 1.807) is 0 Å². The molecule has 0 saturated carbocycles. The summed E-state index contributed by atoms with van der Waals surface area (Å²) >= 11 is 3.49. The number of likely N-dealkylation sites (tertiary alicyclic amines) is 1. The third kappa shape index (κ3) is 3.95. The van der Waals surface area contributed by atoms with Gasteiger partial charge in [0, 0.05) is 23.1 Å². The first-order chi connectivity index (χ1) is 8.20. The van der Waals surface area contributed by atoms with E-state index in [1.807, 2.05) is 0 Å². The maximum atomic E-state index is 3.49. The molecule has 0 aliphatic carbocycles. The standard InChI is InChI=1S/C14H21BrN2.ClH/c1-11(12-5-7-13(15)8-6-12)17-9-3-4-14(10-17)16-2;/h5-8,11,14,16H,3-4,9-10H2,1-2H3;1H. The highest BCUT2D eigenvalue weighted by atomic mass is 79.9. The second-order valence-electron chi connectivity index (χ2n) is 4.85. The Bertz CT molecular complexity index is 355. The molecule has 1 heterocycles. The van der Waals surface area contributed by atoms with Gasteiger partial charge in [0.15, 0.2) is 0 Å². The van der Waals surface area contributed by atoms with Gasteiger partial charge in [0.2, 0.25) is 0 Å². The van der Waals surface area contributed by atoms with Gasteiger partial charge in [-0.15, -0.1) is 12.4 Å². The number of halogens is 2. The van der Waals surface area contributed by atoms with Crippen molar-refractivity contribution in [2.24, 2.45) is 0 Å². The van der Waals surface area contributed by atoms with Crippen LogP contribution in [0.1, 0.15) is 31.4 Å². The molecule has 1 aromatic carbocycles. The predicted octanol–water partition coefficient (Wildman–Crippen LogP) is 3.62. The molecule has 0 bridgehead atoms. The SMILES string of the molecule is CNC1CCCN(C(C)c2ccc(Br)cc2)C1.Cl. The molecule has 0 spiro atoms. The highest BCUT2D eigenvalue weighted by Gasteiger charge is 2.23. The zero-order valence-electron chi connectivity index (χ0n) is 11.0. The Labute approximate surface area is 125 Å². The fraction of sp³-hybridized carbons (Fsp3) is 0.571. The van der Waals surface area contributed by atoms with E-state index in [1.165, 1.54) is 24.9 Å². The lowest BCUT2D eigenvalue weighted by atomic mass is 10.0. The lowest BCUT2D eigenvalue weighted by Crippen LogP contribution is -2.45. The molecule has 102 valence electrons. The van der Waals surface area contributed by atoms with Crippen molar-refractivity contribution in [1.29, 1.82) is 0 Å². The van der Waals surface area contributed by atoms with E-state index in [4.69, 9.17) is 0 Å². The molecular weight excluding hydrogens is 312 g/mol. The van der Waals surface area contributed by atoms with Gasteiger partial charge in [0.25, 0.3) is 0 Å². The monoisotopic (exact) mass is 332 g/mol. The summed E-state index contributed by atoms with van der Waals surface area (Å²) in [5.74, 6) is 0. The van der Waals surface area contributed by atoms with Gasteiger partial charge in [-0.2, -0.15) is 0 Å². The Balaban J connectivity index is 0.00000162.